The SMILES string of the molecule is CCN(CCOC)CCC(=O)N(C)CCC(N)=S. The Morgan fingerprint density at radius 2 is 1.94 bits per heavy atom. The Kier molecular flexibility index (Phi) is 9.82. The molecular formula is C12H25N3O2S. The van der Waals surface area contributed by atoms with Gasteiger partial charge in [-0.2, -0.15) is 0 Å². The summed E-state index contributed by atoms with van der Waals surface area (Å²) in [5.41, 5.74) is 5.41. The van der Waals surface area contributed by atoms with E-state index in [1.54, 1.807) is 19.1 Å². The number of carbonyl (C=O) groups excluding carboxylic acids is 1. The maximum atomic E-state index is 11.8. The molecule has 0 saturated carbocycles. The molecule has 0 heterocycles. The smallest absolute Gasteiger partial charge is 0.223 e. The van der Waals surface area contributed by atoms with Crippen LogP contribution in [0.2, 0.25) is 0 Å². The van der Waals surface area contributed by atoms with E-state index in [0.717, 1.165) is 19.6 Å². The third-order valence-corrected chi connectivity index (χ3v) is 3.02. The molecule has 18 heavy (non-hydrogen) atoms. The third kappa shape index (κ3) is 8.38. The van der Waals surface area contributed by atoms with Crippen LogP contribution in [0.4, 0.5) is 0 Å². The highest BCUT2D eigenvalue weighted by atomic mass is 32.1. The zero-order chi connectivity index (χ0) is 14.0. The summed E-state index contributed by atoms with van der Waals surface area (Å²) in [5, 5.41) is 0. The number of amides is 1. The van der Waals surface area contributed by atoms with E-state index in [0.29, 0.717) is 31.0 Å². The Balaban J connectivity index is 3.88. The number of rotatable bonds is 10. The zero-order valence-electron chi connectivity index (χ0n) is 11.6. The first-order valence-electron chi connectivity index (χ1n) is 6.24. The molecule has 0 aromatic carbocycles. The quantitative estimate of drug-likeness (QED) is 0.588. The predicted molar refractivity (Wildman–Crippen MR) is 77.6 cm³/mol. The second-order valence-corrected chi connectivity index (χ2v) is 4.73. The minimum Gasteiger partial charge on any atom is -0.393 e. The lowest BCUT2D eigenvalue weighted by molar-refractivity contribution is -0.130. The highest BCUT2D eigenvalue weighted by molar-refractivity contribution is 7.80. The standard InChI is InChI=1S/C12H25N3O2S/c1-4-15(9-10-17-3)8-6-12(16)14(2)7-5-11(13)18/h4-10H2,1-3H3,(H2,13,18). The van der Waals surface area contributed by atoms with E-state index >= 15 is 0 Å². The van der Waals surface area contributed by atoms with Crippen LogP contribution in [0.5, 0.6) is 0 Å². The number of nitrogens with zero attached hydrogens (tertiary/aromatic N) is 2. The molecule has 0 atom stereocenters. The van der Waals surface area contributed by atoms with Crippen LogP contribution in [0, 0.1) is 0 Å². The summed E-state index contributed by atoms with van der Waals surface area (Å²) in [6, 6.07) is 0. The number of carbonyl (C=O) groups is 1. The average Bonchev–Trinajstić information content (AvgIpc) is 2.35. The van der Waals surface area contributed by atoms with Gasteiger partial charge in [-0.05, 0) is 6.54 Å². The number of nitrogens with two attached hydrogens (primary N) is 1. The molecule has 0 aliphatic heterocycles. The molecule has 0 aliphatic rings. The molecule has 0 bridgehead atoms. The maximum absolute atomic E-state index is 11.8. The van der Waals surface area contributed by atoms with Crippen LogP contribution >= 0.6 is 12.2 Å². The Bertz CT molecular complexity index is 262. The molecule has 0 aromatic heterocycles. The van der Waals surface area contributed by atoms with Crippen molar-refractivity contribution in [3.05, 3.63) is 0 Å². The van der Waals surface area contributed by atoms with Crippen molar-refractivity contribution < 1.29 is 9.53 Å². The molecule has 106 valence electrons. The van der Waals surface area contributed by atoms with Gasteiger partial charge in [-0.3, -0.25) is 4.79 Å². The van der Waals surface area contributed by atoms with Crippen molar-refractivity contribution in [3.8, 4) is 0 Å². The van der Waals surface area contributed by atoms with Crippen molar-refractivity contribution in [1.82, 2.24) is 9.80 Å². The van der Waals surface area contributed by atoms with Gasteiger partial charge in [0.05, 0.1) is 11.6 Å². The number of ether oxygens (including phenoxy) is 1. The average molecular weight is 275 g/mol. The normalized spacial score (nSPS) is 10.7. The molecule has 0 unspecified atom stereocenters. The van der Waals surface area contributed by atoms with E-state index in [1.807, 2.05) is 0 Å². The number of hydrogen-bond donors (Lipinski definition) is 1. The molecule has 0 fully saturated rings. The number of thiocarbonyl (C=S) groups is 1. The van der Waals surface area contributed by atoms with Crippen LogP contribution < -0.4 is 5.73 Å². The van der Waals surface area contributed by atoms with Gasteiger partial charge >= 0.3 is 0 Å². The highest BCUT2D eigenvalue weighted by Gasteiger charge is 2.11. The second-order valence-electron chi connectivity index (χ2n) is 4.21. The summed E-state index contributed by atoms with van der Waals surface area (Å²) in [5.74, 6) is 0.127. The Morgan fingerprint density at radius 3 is 2.44 bits per heavy atom. The van der Waals surface area contributed by atoms with Gasteiger partial charge in [0, 0.05) is 46.6 Å². The van der Waals surface area contributed by atoms with Crippen molar-refractivity contribution >= 4 is 23.1 Å². The van der Waals surface area contributed by atoms with Crippen LogP contribution in [0.3, 0.4) is 0 Å². The summed E-state index contributed by atoms with van der Waals surface area (Å²) in [7, 11) is 3.47. The summed E-state index contributed by atoms with van der Waals surface area (Å²) < 4.78 is 5.03. The molecule has 0 spiro atoms. The summed E-state index contributed by atoms with van der Waals surface area (Å²) in [4.78, 5) is 16.2. The van der Waals surface area contributed by atoms with Gasteiger partial charge < -0.3 is 20.3 Å². The lowest BCUT2D eigenvalue weighted by Gasteiger charge is -2.22. The van der Waals surface area contributed by atoms with Gasteiger partial charge in [0.15, 0.2) is 0 Å². The Labute approximate surface area is 115 Å². The molecule has 2 N–H and O–H groups in total. The van der Waals surface area contributed by atoms with Gasteiger partial charge in [-0.15, -0.1) is 0 Å². The summed E-state index contributed by atoms with van der Waals surface area (Å²) in [6.07, 6.45) is 1.10. The van der Waals surface area contributed by atoms with E-state index in [1.165, 1.54) is 0 Å². The molecule has 0 rings (SSSR count). The fourth-order valence-corrected chi connectivity index (χ4v) is 1.59. The van der Waals surface area contributed by atoms with Crippen molar-refractivity contribution in [2.45, 2.75) is 19.8 Å². The van der Waals surface area contributed by atoms with Crippen molar-refractivity contribution in [2.75, 3.05) is 46.9 Å². The molecule has 0 aromatic rings. The first-order valence-corrected chi connectivity index (χ1v) is 6.65. The van der Waals surface area contributed by atoms with Crippen LogP contribution in [0.1, 0.15) is 19.8 Å². The van der Waals surface area contributed by atoms with E-state index < -0.39 is 0 Å². The first kappa shape index (κ1) is 17.3. The minimum atomic E-state index is 0.127. The summed E-state index contributed by atoms with van der Waals surface area (Å²) in [6.45, 7) is 5.91. The van der Waals surface area contributed by atoms with Gasteiger partial charge in [0.1, 0.15) is 0 Å². The van der Waals surface area contributed by atoms with Gasteiger partial charge in [-0.1, -0.05) is 19.1 Å². The zero-order valence-corrected chi connectivity index (χ0v) is 12.5. The van der Waals surface area contributed by atoms with E-state index in [4.69, 9.17) is 22.7 Å². The largest absolute Gasteiger partial charge is 0.393 e. The lowest BCUT2D eigenvalue weighted by Crippen LogP contribution is -2.35. The molecular weight excluding hydrogens is 250 g/mol. The van der Waals surface area contributed by atoms with E-state index in [9.17, 15) is 4.79 Å². The van der Waals surface area contributed by atoms with Crippen LogP contribution in [0.15, 0.2) is 0 Å². The fraction of sp³-hybridized carbons (Fsp3) is 0.833. The molecule has 6 heteroatoms. The van der Waals surface area contributed by atoms with Crippen LogP contribution in [-0.2, 0) is 9.53 Å². The minimum absolute atomic E-state index is 0.127. The third-order valence-electron chi connectivity index (χ3n) is 2.82. The van der Waals surface area contributed by atoms with Gasteiger partial charge in [-0.25, -0.2) is 0 Å². The Hall–Kier alpha value is -0.720. The molecule has 1 amide bonds. The van der Waals surface area contributed by atoms with Crippen molar-refractivity contribution in [2.24, 2.45) is 5.73 Å². The lowest BCUT2D eigenvalue weighted by atomic mass is 10.3. The van der Waals surface area contributed by atoms with E-state index in [2.05, 4.69) is 11.8 Å². The summed E-state index contributed by atoms with van der Waals surface area (Å²) >= 11 is 4.79. The molecule has 0 radical (unpaired) electrons. The Morgan fingerprint density at radius 1 is 1.28 bits per heavy atom. The highest BCUT2D eigenvalue weighted by Crippen LogP contribution is 1.97. The van der Waals surface area contributed by atoms with Crippen molar-refractivity contribution in [3.63, 3.8) is 0 Å². The van der Waals surface area contributed by atoms with Crippen LogP contribution in [0.25, 0.3) is 0 Å². The molecule has 0 saturated heterocycles. The monoisotopic (exact) mass is 275 g/mol. The molecule has 0 aliphatic carbocycles. The maximum Gasteiger partial charge on any atom is 0.223 e. The topological polar surface area (TPSA) is 58.8 Å². The number of hydrogen-bond acceptors (Lipinski definition) is 4. The second kappa shape index (κ2) is 10.2. The predicted octanol–water partition coefficient (Wildman–Crippen LogP) is 0.479. The fourth-order valence-electron chi connectivity index (χ4n) is 1.50. The van der Waals surface area contributed by atoms with Gasteiger partial charge in [0.2, 0.25) is 5.91 Å². The number of methoxy groups -OCH3 is 1. The van der Waals surface area contributed by atoms with Gasteiger partial charge in [0.25, 0.3) is 0 Å². The van der Waals surface area contributed by atoms with Crippen molar-refractivity contribution in [1.29, 1.82) is 0 Å². The number of likely N-dealkylation sites (N-methyl/N-ethyl adjacent to an activating group) is 1. The van der Waals surface area contributed by atoms with E-state index in [-0.39, 0.29) is 5.91 Å². The van der Waals surface area contributed by atoms with Crippen LogP contribution in [-0.4, -0.2) is 67.6 Å². The first-order chi connectivity index (χ1) is 8.51. The molecule has 5 nitrogen and oxygen atoms in total.